The Balaban J connectivity index is 3.01. The van der Waals surface area contributed by atoms with Crippen molar-refractivity contribution in [3.8, 4) is 11.5 Å². The van der Waals surface area contributed by atoms with Gasteiger partial charge >= 0.3 is 5.97 Å². The van der Waals surface area contributed by atoms with Gasteiger partial charge < -0.3 is 9.84 Å². The molecule has 1 aromatic rings. The Hall–Kier alpha value is -2.11. The standard InChI is InChI=1S/C8H7NO5/c1-5(10)14-8-3-2-6(9(12)13)4-7(8)11/h2-4,11H,1H3. The number of hydrogen-bond acceptors (Lipinski definition) is 5. The van der Waals surface area contributed by atoms with Crippen LogP contribution in [0, 0.1) is 10.1 Å². The van der Waals surface area contributed by atoms with Crippen LogP contribution in [0.5, 0.6) is 11.5 Å². The molecule has 0 aliphatic heterocycles. The molecule has 1 aromatic carbocycles. The molecule has 0 saturated heterocycles. The Labute approximate surface area is 78.9 Å². The van der Waals surface area contributed by atoms with Crippen LogP contribution in [0.3, 0.4) is 0 Å². The van der Waals surface area contributed by atoms with Crippen molar-refractivity contribution in [1.29, 1.82) is 0 Å². The molecule has 74 valence electrons. The molecule has 0 bridgehead atoms. The molecule has 0 aromatic heterocycles. The van der Waals surface area contributed by atoms with Gasteiger partial charge in [0.05, 0.1) is 11.0 Å². The molecule has 0 spiro atoms. The molecule has 6 nitrogen and oxygen atoms in total. The van der Waals surface area contributed by atoms with Crippen molar-refractivity contribution in [1.82, 2.24) is 0 Å². The summed E-state index contributed by atoms with van der Waals surface area (Å²) in [6.07, 6.45) is 0. The van der Waals surface area contributed by atoms with Gasteiger partial charge in [0, 0.05) is 13.0 Å². The number of nitro benzene ring substituents is 1. The minimum absolute atomic E-state index is 0.0944. The van der Waals surface area contributed by atoms with Crippen LogP contribution in [0.2, 0.25) is 0 Å². The zero-order chi connectivity index (χ0) is 10.7. The first-order valence-corrected chi connectivity index (χ1v) is 3.66. The lowest BCUT2D eigenvalue weighted by Crippen LogP contribution is -2.01. The third-order valence-corrected chi connectivity index (χ3v) is 1.41. The van der Waals surface area contributed by atoms with Gasteiger partial charge in [0.25, 0.3) is 5.69 Å². The summed E-state index contributed by atoms with van der Waals surface area (Å²) in [4.78, 5) is 20.1. The molecular formula is C8H7NO5. The largest absolute Gasteiger partial charge is 0.504 e. The predicted octanol–water partition coefficient (Wildman–Crippen LogP) is 1.23. The Kier molecular flexibility index (Phi) is 2.66. The topological polar surface area (TPSA) is 89.7 Å². The van der Waals surface area contributed by atoms with Gasteiger partial charge in [-0.2, -0.15) is 0 Å². The molecule has 0 fully saturated rings. The molecule has 0 atom stereocenters. The van der Waals surface area contributed by atoms with E-state index >= 15 is 0 Å². The second-order valence-electron chi connectivity index (χ2n) is 2.50. The third-order valence-electron chi connectivity index (χ3n) is 1.41. The van der Waals surface area contributed by atoms with Crippen LogP contribution in [0.15, 0.2) is 18.2 Å². The lowest BCUT2D eigenvalue weighted by molar-refractivity contribution is -0.385. The Morgan fingerprint density at radius 1 is 1.57 bits per heavy atom. The van der Waals surface area contributed by atoms with Crippen molar-refractivity contribution in [2.24, 2.45) is 0 Å². The second kappa shape index (κ2) is 3.73. The highest BCUT2D eigenvalue weighted by atomic mass is 16.6. The van der Waals surface area contributed by atoms with E-state index in [2.05, 4.69) is 4.74 Å². The van der Waals surface area contributed by atoms with Crippen molar-refractivity contribution in [2.75, 3.05) is 0 Å². The first-order chi connectivity index (χ1) is 6.50. The zero-order valence-corrected chi connectivity index (χ0v) is 7.26. The number of nitro groups is 1. The summed E-state index contributed by atoms with van der Waals surface area (Å²) in [7, 11) is 0. The maximum Gasteiger partial charge on any atom is 0.308 e. The average molecular weight is 197 g/mol. The van der Waals surface area contributed by atoms with Crippen molar-refractivity contribution in [3.05, 3.63) is 28.3 Å². The second-order valence-corrected chi connectivity index (χ2v) is 2.50. The van der Waals surface area contributed by atoms with Crippen LogP contribution < -0.4 is 4.74 Å². The van der Waals surface area contributed by atoms with Crippen molar-refractivity contribution >= 4 is 11.7 Å². The highest BCUT2D eigenvalue weighted by Gasteiger charge is 2.11. The molecule has 0 aliphatic carbocycles. The van der Waals surface area contributed by atoms with Gasteiger partial charge in [0.15, 0.2) is 11.5 Å². The number of aromatic hydroxyl groups is 1. The quantitative estimate of drug-likeness (QED) is 0.333. The number of carbonyl (C=O) groups is 1. The summed E-state index contributed by atoms with van der Waals surface area (Å²) in [6.45, 7) is 1.17. The normalized spacial score (nSPS) is 9.50. The maximum atomic E-state index is 10.5. The van der Waals surface area contributed by atoms with Gasteiger partial charge in [-0.25, -0.2) is 0 Å². The van der Waals surface area contributed by atoms with Gasteiger partial charge in [-0.1, -0.05) is 0 Å². The van der Waals surface area contributed by atoms with E-state index in [0.717, 1.165) is 18.2 Å². The van der Waals surface area contributed by atoms with E-state index in [1.54, 1.807) is 0 Å². The summed E-state index contributed by atoms with van der Waals surface area (Å²) in [5.41, 5.74) is -0.265. The molecule has 1 rings (SSSR count). The van der Waals surface area contributed by atoms with E-state index in [1.165, 1.54) is 6.92 Å². The number of non-ortho nitro benzene ring substituents is 1. The SMILES string of the molecule is CC(=O)Oc1ccc([N+](=O)[O-])cc1O. The van der Waals surface area contributed by atoms with Crippen LogP contribution in [0.25, 0.3) is 0 Å². The smallest absolute Gasteiger partial charge is 0.308 e. The first kappa shape index (κ1) is 9.97. The number of esters is 1. The first-order valence-electron chi connectivity index (χ1n) is 3.66. The summed E-state index contributed by atoms with van der Waals surface area (Å²) in [6, 6.07) is 3.21. The number of rotatable bonds is 2. The number of hydrogen-bond donors (Lipinski definition) is 1. The van der Waals surface area contributed by atoms with Crippen LogP contribution in [-0.4, -0.2) is 16.0 Å². The monoisotopic (exact) mass is 197 g/mol. The molecule has 0 radical (unpaired) electrons. The number of ether oxygens (including phenoxy) is 1. The minimum Gasteiger partial charge on any atom is -0.504 e. The number of benzene rings is 1. The van der Waals surface area contributed by atoms with Gasteiger partial charge in [0.2, 0.25) is 0 Å². The van der Waals surface area contributed by atoms with Gasteiger partial charge in [-0.15, -0.1) is 0 Å². The van der Waals surface area contributed by atoms with E-state index < -0.39 is 16.6 Å². The van der Waals surface area contributed by atoms with Gasteiger partial charge in [0.1, 0.15) is 0 Å². The van der Waals surface area contributed by atoms with E-state index in [4.69, 9.17) is 0 Å². The highest BCUT2D eigenvalue weighted by Crippen LogP contribution is 2.29. The predicted molar refractivity (Wildman–Crippen MR) is 46.1 cm³/mol. The Morgan fingerprint density at radius 2 is 2.21 bits per heavy atom. The summed E-state index contributed by atoms with van der Waals surface area (Å²) >= 11 is 0. The lowest BCUT2D eigenvalue weighted by Gasteiger charge is -2.02. The van der Waals surface area contributed by atoms with Crippen molar-refractivity contribution in [2.45, 2.75) is 6.92 Å². The molecule has 0 unspecified atom stereocenters. The maximum absolute atomic E-state index is 10.5. The van der Waals surface area contributed by atoms with Crippen molar-refractivity contribution in [3.63, 3.8) is 0 Å². The lowest BCUT2D eigenvalue weighted by atomic mass is 10.3. The fourth-order valence-electron chi connectivity index (χ4n) is 0.860. The molecule has 0 saturated carbocycles. The molecular weight excluding hydrogens is 190 g/mol. The van der Waals surface area contributed by atoms with Crippen LogP contribution >= 0.6 is 0 Å². The Morgan fingerprint density at radius 3 is 2.64 bits per heavy atom. The fraction of sp³-hybridized carbons (Fsp3) is 0.125. The highest BCUT2D eigenvalue weighted by molar-refractivity contribution is 5.70. The van der Waals surface area contributed by atoms with Crippen molar-refractivity contribution < 1.29 is 19.6 Å². The van der Waals surface area contributed by atoms with E-state index in [1.807, 2.05) is 0 Å². The summed E-state index contributed by atoms with van der Waals surface area (Å²) in [5.74, 6) is -1.13. The van der Waals surface area contributed by atoms with Crippen LogP contribution in [-0.2, 0) is 4.79 Å². The molecule has 0 amide bonds. The summed E-state index contributed by atoms with van der Waals surface area (Å²) in [5, 5.41) is 19.5. The average Bonchev–Trinajstić information content (AvgIpc) is 2.07. The van der Waals surface area contributed by atoms with E-state index in [0.29, 0.717) is 0 Å². The van der Waals surface area contributed by atoms with E-state index in [-0.39, 0.29) is 11.4 Å². The van der Waals surface area contributed by atoms with Gasteiger partial charge in [-0.3, -0.25) is 14.9 Å². The van der Waals surface area contributed by atoms with Crippen LogP contribution in [0.4, 0.5) is 5.69 Å². The van der Waals surface area contributed by atoms with Gasteiger partial charge in [-0.05, 0) is 6.07 Å². The molecule has 6 heteroatoms. The Bertz CT molecular complexity index is 387. The molecule has 14 heavy (non-hydrogen) atoms. The molecule has 0 aliphatic rings. The summed E-state index contributed by atoms with van der Waals surface area (Å²) < 4.78 is 4.57. The third kappa shape index (κ3) is 2.19. The zero-order valence-electron chi connectivity index (χ0n) is 7.26. The molecule has 0 heterocycles. The fourth-order valence-corrected chi connectivity index (χ4v) is 0.860. The van der Waals surface area contributed by atoms with E-state index in [9.17, 15) is 20.0 Å². The number of nitrogens with zero attached hydrogens (tertiary/aromatic N) is 1. The van der Waals surface area contributed by atoms with Crippen LogP contribution in [0.1, 0.15) is 6.92 Å². The minimum atomic E-state index is -0.655. The number of carbonyl (C=O) groups excluding carboxylic acids is 1. The molecule has 1 N–H and O–H groups in total. The number of phenols is 1. The number of phenolic OH excluding ortho intramolecular Hbond substituents is 1.